The zero-order chi connectivity index (χ0) is 8.93. The lowest BCUT2D eigenvalue weighted by Gasteiger charge is -2.09. The first kappa shape index (κ1) is 8.59. The third-order valence-corrected chi connectivity index (χ3v) is 2.25. The number of nitrogens with zero attached hydrogens (tertiary/aromatic N) is 2. The average Bonchev–Trinajstić information content (AvgIpc) is 2.69. The first-order valence-corrected chi connectivity index (χ1v) is 4.64. The molecule has 1 fully saturated rings. The topological polar surface area (TPSA) is 49.8 Å². The molecule has 1 aromatic heterocycles. The van der Waals surface area contributed by atoms with Gasteiger partial charge in [0.15, 0.2) is 0 Å². The maximum absolute atomic E-state index is 4.19. The molecule has 13 heavy (non-hydrogen) atoms. The summed E-state index contributed by atoms with van der Waals surface area (Å²) in [6, 6.07) is 0.599. The fourth-order valence-corrected chi connectivity index (χ4v) is 1.50. The van der Waals surface area contributed by atoms with Gasteiger partial charge in [-0.15, -0.1) is 0 Å². The van der Waals surface area contributed by atoms with Gasteiger partial charge in [-0.1, -0.05) is 0 Å². The second-order valence-corrected chi connectivity index (χ2v) is 3.27. The van der Waals surface area contributed by atoms with E-state index in [9.17, 15) is 0 Å². The minimum Gasteiger partial charge on any atom is -0.315 e. The van der Waals surface area contributed by atoms with Gasteiger partial charge < -0.3 is 10.6 Å². The second kappa shape index (κ2) is 4.30. The predicted octanol–water partition coefficient (Wildman–Crippen LogP) is -0.0719. The Kier molecular flexibility index (Phi) is 2.84. The number of aromatic nitrogens is 2. The molecule has 2 N–H and O–H groups in total. The predicted molar refractivity (Wildman–Crippen MR) is 50.1 cm³/mol. The molecule has 0 saturated carbocycles. The summed E-state index contributed by atoms with van der Waals surface area (Å²) >= 11 is 0. The van der Waals surface area contributed by atoms with Gasteiger partial charge >= 0.3 is 0 Å². The van der Waals surface area contributed by atoms with Crippen molar-refractivity contribution in [3.63, 3.8) is 0 Å². The van der Waals surface area contributed by atoms with Crippen LogP contribution in [0.15, 0.2) is 18.6 Å². The first-order valence-electron chi connectivity index (χ1n) is 4.64. The Morgan fingerprint density at radius 2 is 2.54 bits per heavy atom. The van der Waals surface area contributed by atoms with Gasteiger partial charge in [-0.05, 0) is 13.0 Å². The summed E-state index contributed by atoms with van der Waals surface area (Å²) in [6.45, 7) is 3.01. The van der Waals surface area contributed by atoms with E-state index in [-0.39, 0.29) is 0 Å². The SMILES string of the molecule is c1cnc(CNC2CCNC2)cn1. The Balaban J connectivity index is 1.79. The van der Waals surface area contributed by atoms with Crippen molar-refractivity contribution in [3.8, 4) is 0 Å². The zero-order valence-corrected chi connectivity index (χ0v) is 7.53. The monoisotopic (exact) mass is 178 g/mol. The van der Waals surface area contributed by atoms with Crippen LogP contribution in [0, 0.1) is 0 Å². The highest BCUT2D eigenvalue weighted by Crippen LogP contribution is 1.98. The number of hydrogen-bond acceptors (Lipinski definition) is 4. The van der Waals surface area contributed by atoms with Gasteiger partial charge in [0.1, 0.15) is 0 Å². The molecule has 1 aromatic rings. The molecule has 2 heterocycles. The maximum atomic E-state index is 4.19. The van der Waals surface area contributed by atoms with Crippen LogP contribution in [0.4, 0.5) is 0 Å². The van der Waals surface area contributed by atoms with E-state index in [1.165, 1.54) is 6.42 Å². The molecule has 4 heteroatoms. The van der Waals surface area contributed by atoms with Crippen molar-refractivity contribution in [2.75, 3.05) is 13.1 Å². The van der Waals surface area contributed by atoms with Crippen LogP contribution in [0.3, 0.4) is 0 Å². The molecule has 0 amide bonds. The number of rotatable bonds is 3. The van der Waals surface area contributed by atoms with E-state index in [0.717, 1.165) is 25.3 Å². The molecule has 1 atom stereocenters. The van der Waals surface area contributed by atoms with Gasteiger partial charge in [0.05, 0.1) is 5.69 Å². The summed E-state index contributed by atoms with van der Waals surface area (Å²) in [4.78, 5) is 8.21. The van der Waals surface area contributed by atoms with E-state index in [0.29, 0.717) is 6.04 Å². The molecule has 1 aliphatic rings. The molecular weight excluding hydrogens is 164 g/mol. The third-order valence-electron chi connectivity index (χ3n) is 2.25. The lowest BCUT2D eigenvalue weighted by Crippen LogP contribution is -2.30. The van der Waals surface area contributed by atoms with Crippen molar-refractivity contribution in [2.45, 2.75) is 19.0 Å². The van der Waals surface area contributed by atoms with Gasteiger partial charge in [-0.25, -0.2) is 0 Å². The average molecular weight is 178 g/mol. The van der Waals surface area contributed by atoms with E-state index < -0.39 is 0 Å². The number of nitrogens with one attached hydrogen (secondary N) is 2. The molecule has 0 bridgehead atoms. The van der Waals surface area contributed by atoms with Crippen molar-refractivity contribution < 1.29 is 0 Å². The summed E-state index contributed by atoms with van der Waals surface area (Å²) in [5.41, 5.74) is 1.01. The first-order chi connectivity index (χ1) is 6.45. The Morgan fingerprint density at radius 1 is 1.54 bits per heavy atom. The van der Waals surface area contributed by atoms with E-state index in [1.807, 2.05) is 0 Å². The Morgan fingerprint density at radius 3 is 3.23 bits per heavy atom. The molecule has 4 nitrogen and oxygen atoms in total. The molecular formula is C9H14N4. The Labute approximate surface area is 77.8 Å². The molecule has 0 aromatic carbocycles. The van der Waals surface area contributed by atoms with Crippen LogP contribution in [-0.2, 0) is 6.54 Å². The third kappa shape index (κ3) is 2.47. The molecule has 1 saturated heterocycles. The Bertz CT molecular complexity index is 243. The fourth-order valence-electron chi connectivity index (χ4n) is 1.50. The molecule has 0 radical (unpaired) electrons. The largest absolute Gasteiger partial charge is 0.315 e. The van der Waals surface area contributed by atoms with Crippen molar-refractivity contribution >= 4 is 0 Å². The summed E-state index contributed by atoms with van der Waals surface area (Å²) in [7, 11) is 0. The van der Waals surface area contributed by atoms with E-state index >= 15 is 0 Å². The van der Waals surface area contributed by atoms with Gasteiger partial charge in [0, 0.05) is 37.7 Å². The lowest BCUT2D eigenvalue weighted by molar-refractivity contribution is 0.541. The van der Waals surface area contributed by atoms with Crippen LogP contribution >= 0.6 is 0 Å². The second-order valence-electron chi connectivity index (χ2n) is 3.27. The van der Waals surface area contributed by atoms with Crippen molar-refractivity contribution in [2.24, 2.45) is 0 Å². The van der Waals surface area contributed by atoms with Crippen LogP contribution in [0.2, 0.25) is 0 Å². The molecule has 0 spiro atoms. The van der Waals surface area contributed by atoms with Crippen LogP contribution in [0.5, 0.6) is 0 Å². The standard InChI is InChI=1S/C9H14N4/c1-2-10-5-8(1)13-7-9-6-11-3-4-12-9/h3-4,6,8,10,13H,1-2,5,7H2. The van der Waals surface area contributed by atoms with Crippen LogP contribution in [-0.4, -0.2) is 29.1 Å². The van der Waals surface area contributed by atoms with Gasteiger partial charge in [0.2, 0.25) is 0 Å². The highest BCUT2D eigenvalue weighted by atomic mass is 15.0. The summed E-state index contributed by atoms with van der Waals surface area (Å²) in [5, 5.41) is 6.74. The van der Waals surface area contributed by atoms with Crippen LogP contribution in [0.1, 0.15) is 12.1 Å². The lowest BCUT2D eigenvalue weighted by atomic mass is 10.2. The molecule has 0 aliphatic carbocycles. The minimum atomic E-state index is 0.599. The molecule has 1 aliphatic heterocycles. The van der Waals surface area contributed by atoms with Crippen molar-refractivity contribution in [3.05, 3.63) is 24.3 Å². The highest BCUT2D eigenvalue weighted by Gasteiger charge is 2.12. The molecule has 2 rings (SSSR count). The number of hydrogen-bond donors (Lipinski definition) is 2. The van der Waals surface area contributed by atoms with E-state index in [1.54, 1.807) is 18.6 Å². The van der Waals surface area contributed by atoms with Crippen LogP contribution < -0.4 is 10.6 Å². The van der Waals surface area contributed by atoms with Crippen molar-refractivity contribution in [1.82, 2.24) is 20.6 Å². The summed E-state index contributed by atoms with van der Waals surface area (Å²) < 4.78 is 0. The van der Waals surface area contributed by atoms with Gasteiger partial charge in [0.25, 0.3) is 0 Å². The van der Waals surface area contributed by atoms with E-state index in [2.05, 4.69) is 20.6 Å². The van der Waals surface area contributed by atoms with Gasteiger partial charge in [-0.2, -0.15) is 0 Å². The smallest absolute Gasteiger partial charge is 0.0724 e. The Hall–Kier alpha value is -1.00. The maximum Gasteiger partial charge on any atom is 0.0724 e. The molecule has 70 valence electrons. The van der Waals surface area contributed by atoms with E-state index in [4.69, 9.17) is 0 Å². The molecule has 1 unspecified atom stereocenters. The fraction of sp³-hybridized carbons (Fsp3) is 0.556. The zero-order valence-electron chi connectivity index (χ0n) is 7.53. The minimum absolute atomic E-state index is 0.599. The van der Waals surface area contributed by atoms with Gasteiger partial charge in [-0.3, -0.25) is 9.97 Å². The quantitative estimate of drug-likeness (QED) is 0.680. The summed E-state index contributed by atoms with van der Waals surface area (Å²) in [6.07, 6.45) is 6.43. The van der Waals surface area contributed by atoms with Crippen LogP contribution in [0.25, 0.3) is 0 Å². The summed E-state index contributed by atoms with van der Waals surface area (Å²) in [5.74, 6) is 0. The highest BCUT2D eigenvalue weighted by molar-refractivity contribution is 4.94. The normalized spacial score (nSPS) is 22.0. The van der Waals surface area contributed by atoms with Crippen molar-refractivity contribution in [1.29, 1.82) is 0 Å².